The molecule has 0 N–H and O–H groups in total. The van der Waals surface area contributed by atoms with Crippen molar-refractivity contribution in [3.05, 3.63) is 65.9 Å². The lowest BCUT2D eigenvalue weighted by atomic mass is 10.1. The monoisotopic (exact) mass is 401 g/mol. The highest BCUT2D eigenvalue weighted by atomic mass is 19.3. The predicted octanol–water partition coefficient (Wildman–Crippen LogP) is 5.87. The van der Waals surface area contributed by atoms with Gasteiger partial charge < -0.3 is 18.8 Å². The zero-order valence-corrected chi connectivity index (χ0v) is 16.4. The standard InChI is InChI=1S/C22H21F2NO4/c1-5-27-13(2)15-10-18(28-16-8-6-14(7-9-16)21(23)24)17-12-20(22(26)25(3)4)29-19(17)11-15/h6-12,21H,2,5H2,1,3-4H3. The molecule has 1 heterocycles. The van der Waals surface area contributed by atoms with Gasteiger partial charge in [0.15, 0.2) is 5.76 Å². The van der Waals surface area contributed by atoms with E-state index in [4.69, 9.17) is 13.9 Å². The number of halogens is 2. The van der Waals surface area contributed by atoms with E-state index < -0.39 is 6.43 Å². The van der Waals surface area contributed by atoms with Crippen LogP contribution in [0, 0.1) is 0 Å². The number of furan rings is 1. The minimum absolute atomic E-state index is 0.0943. The maximum atomic E-state index is 12.8. The second kappa shape index (κ2) is 8.34. The molecule has 7 heteroatoms. The summed E-state index contributed by atoms with van der Waals surface area (Å²) in [5.41, 5.74) is 0.952. The Morgan fingerprint density at radius 3 is 2.45 bits per heavy atom. The normalized spacial score (nSPS) is 11.0. The Balaban J connectivity index is 2.06. The first-order chi connectivity index (χ1) is 13.8. The van der Waals surface area contributed by atoms with E-state index in [1.807, 2.05) is 6.92 Å². The van der Waals surface area contributed by atoms with Gasteiger partial charge in [-0.3, -0.25) is 4.79 Å². The molecule has 0 aliphatic carbocycles. The van der Waals surface area contributed by atoms with Gasteiger partial charge in [0.05, 0.1) is 12.0 Å². The van der Waals surface area contributed by atoms with Crippen LogP contribution in [0.25, 0.3) is 16.7 Å². The van der Waals surface area contributed by atoms with Gasteiger partial charge in [-0.25, -0.2) is 8.78 Å². The highest BCUT2D eigenvalue weighted by Crippen LogP contribution is 2.36. The minimum Gasteiger partial charge on any atom is -0.494 e. The van der Waals surface area contributed by atoms with Crippen LogP contribution in [-0.2, 0) is 4.74 Å². The van der Waals surface area contributed by atoms with E-state index in [1.165, 1.54) is 29.2 Å². The smallest absolute Gasteiger partial charge is 0.289 e. The average Bonchev–Trinajstić information content (AvgIpc) is 3.12. The Morgan fingerprint density at radius 1 is 1.17 bits per heavy atom. The number of fused-ring (bicyclic) bond motifs is 1. The SMILES string of the molecule is C=C(OCC)c1cc(Oc2ccc(C(F)F)cc2)c2cc(C(=O)N(C)C)oc2c1. The summed E-state index contributed by atoms with van der Waals surface area (Å²) in [5.74, 6) is 1.05. The predicted molar refractivity (Wildman–Crippen MR) is 106 cm³/mol. The molecular weight excluding hydrogens is 380 g/mol. The summed E-state index contributed by atoms with van der Waals surface area (Å²) >= 11 is 0. The van der Waals surface area contributed by atoms with E-state index in [-0.39, 0.29) is 17.2 Å². The number of benzene rings is 2. The van der Waals surface area contributed by atoms with E-state index in [2.05, 4.69) is 6.58 Å². The summed E-state index contributed by atoms with van der Waals surface area (Å²) in [6.45, 7) is 6.17. The molecule has 1 aromatic heterocycles. The molecule has 0 aliphatic rings. The number of nitrogens with zero attached hydrogens (tertiary/aromatic N) is 1. The van der Waals surface area contributed by atoms with Crippen molar-refractivity contribution >= 4 is 22.6 Å². The van der Waals surface area contributed by atoms with Gasteiger partial charge in [0.2, 0.25) is 0 Å². The molecule has 0 fully saturated rings. The Morgan fingerprint density at radius 2 is 1.86 bits per heavy atom. The van der Waals surface area contributed by atoms with Crippen LogP contribution in [0.5, 0.6) is 11.5 Å². The van der Waals surface area contributed by atoms with E-state index in [1.54, 1.807) is 32.3 Å². The number of carbonyl (C=O) groups excluding carboxylic acids is 1. The number of alkyl halides is 2. The van der Waals surface area contributed by atoms with Crippen molar-refractivity contribution in [2.24, 2.45) is 0 Å². The first-order valence-electron chi connectivity index (χ1n) is 8.97. The van der Waals surface area contributed by atoms with Gasteiger partial charge in [0, 0.05) is 31.3 Å². The van der Waals surface area contributed by atoms with Crippen LogP contribution in [-0.4, -0.2) is 31.5 Å². The lowest BCUT2D eigenvalue weighted by molar-refractivity contribution is 0.0799. The number of rotatable bonds is 7. The molecule has 1 amide bonds. The Bertz CT molecular complexity index is 1040. The van der Waals surface area contributed by atoms with E-state index >= 15 is 0 Å². The molecule has 0 unspecified atom stereocenters. The summed E-state index contributed by atoms with van der Waals surface area (Å²) < 4.78 is 42.7. The minimum atomic E-state index is -2.55. The van der Waals surface area contributed by atoms with E-state index in [0.717, 1.165) is 0 Å². The summed E-state index contributed by atoms with van der Waals surface area (Å²) in [5, 5.41) is 0.571. The quantitative estimate of drug-likeness (QED) is 0.465. The van der Waals surface area contributed by atoms with Crippen LogP contribution in [0.2, 0.25) is 0 Å². The first-order valence-corrected chi connectivity index (χ1v) is 8.97. The van der Waals surface area contributed by atoms with Crippen molar-refractivity contribution < 1.29 is 27.5 Å². The molecule has 5 nitrogen and oxygen atoms in total. The number of ether oxygens (including phenoxy) is 2. The molecule has 0 aliphatic heterocycles. The maximum absolute atomic E-state index is 12.8. The zero-order chi connectivity index (χ0) is 21.1. The number of hydrogen-bond donors (Lipinski definition) is 0. The second-order valence-corrected chi connectivity index (χ2v) is 6.52. The van der Waals surface area contributed by atoms with Crippen LogP contribution < -0.4 is 4.74 Å². The number of amides is 1. The third-order valence-corrected chi connectivity index (χ3v) is 4.22. The fourth-order valence-electron chi connectivity index (χ4n) is 2.74. The highest BCUT2D eigenvalue weighted by molar-refractivity contribution is 5.98. The lowest BCUT2D eigenvalue weighted by Crippen LogP contribution is -2.20. The fraction of sp³-hybridized carbons (Fsp3) is 0.227. The van der Waals surface area contributed by atoms with Crippen LogP contribution >= 0.6 is 0 Å². The Kier molecular flexibility index (Phi) is 5.87. The fourth-order valence-corrected chi connectivity index (χ4v) is 2.74. The van der Waals surface area contributed by atoms with E-state index in [0.29, 0.717) is 40.4 Å². The highest BCUT2D eigenvalue weighted by Gasteiger charge is 2.19. The largest absolute Gasteiger partial charge is 0.494 e. The summed E-state index contributed by atoms with van der Waals surface area (Å²) in [6.07, 6.45) is -2.55. The summed E-state index contributed by atoms with van der Waals surface area (Å²) in [4.78, 5) is 13.7. The van der Waals surface area contributed by atoms with Crippen LogP contribution in [0.15, 0.2) is 53.5 Å². The van der Waals surface area contributed by atoms with Gasteiger partial charge >= 0.3 is 0 Å². The molecule has 0 spiro atoms. The molecule has 3 aromatic rings. The molecule has 0 bridgehead atoms. The molecule has 0 atom stereocenters. The van der Waals surface area contributed by atoms with Crippen molar-refractivity contribution in [2.45, 2.75) is 13.3 Å². The van der Waals surface area contributed by atoms with Gasteiger partial charge in [0.25, 0.3) is 12.3 Å². The van der Waals surface area contributed by atoms with Gasteiger partial charge in [-0.05, 0) is 43.3 Å². The lowest BCUT2D eigenvalue weighted by Gasteiger charge is -2.11. The third kappa shape index (κ3) is 4.39. The van der Waals surface area contributed by atoms with Gasteiger partial charge in [-0.2, -0.15) is 0 Å². The van der Waals surface area contributed by atoms with Crippen molar-refractivity contribution in [1.29, 1.82) is 0 Å². The number of carbonyl (C=O) groups is 1. The zero-order valence-electron chi connectivity index (χ0n) is 16.4. The average molecular weight is 401 g/mol. The molecule has 152 valence electrons. The van der Waals surface area contributed by atoms with Crippen LogP contribution in [0.3, 0.4) is 0 Å². The Labute approximate surface area is 167 Å². The van der Waals surface area contributed by atoms with Gasteiger partial charge in [0.1, 0.15) is 22.8 Å². The van der Waals surface area contributed by atoms with E-state index in [9.17, 15) is 13.6 Å². The van der Waals surface area contributed by atoms with Crippen molar-refractivity contribution in [2.75, 3.05) is 20.7 Å². The first kappa shape index (κ1) is 20.4. The van der Waals surface area contributed by atoms with Crippen molar-refractivity contribution in [1.82, 2.24) is 4.90 Å². The summed E-state index contributed by atoms with van der Waals surface area (Å²) in [6, 6.07) is 10.5. The van der Waals surface area contributed by atoms with Crippen molar-refractivity contribution in [3.8, 4) is 11.5 Å². The second-order valence-electron chi connectivity index (χ2n) is 6.52. The van der Waals surface area contributed by atoms with Crippen LogP contribution in [0.1, 0.15) is 35.0 Å². The molecule has 2 aromatic carbocycles. The number of hydrogen-bond acceptors (Lipinski definition) is 4. The van der Waals surface area contributed by atoms with Gasteiger partial charge in [-0.15, -0.1) is 0 Å². The molecular formula is C22H21F2NO4. The topological polar surface area (TPSA) is 51.9 Å². The third-order valence-electron chi connectivity index (χ3n) is 4.22. The molecule has 0 saturated heterocycles. The molecule has 3 rings (SSSR count). The molecule has 0 saturated carbocycles. The van der Waals surface area contributed by atoms with Gasteiger partial charge in [-0.1, -0.05) is 6.58 Å². The maximum Gasteiger partial charge on any atom is 0.289 e. The summed E-state index contributed by atoms with van der Waals surface area (Å²) in [7, 11) is 3.25. The van der Waals surface area contributed by atoms with Crippen molar-refractivity contribution in [3.63, 3.8) is 0 Å². The van der Waals surface area contributed by atoms with Crippen LogP contribution in [0.4, 0.5) is 8.78 Å². The Hall–Kier alpha value is -3.35. The molecule has 0 radical (unpaired) electrons. The molecule has 29 heavy (non-hydrogen) atoms.